The lowest BCUT2D eigenvalue weighted by Gasteiger charge is -2.47. The molecule has 1 fully saturated rings. The number of nitrogens with zero attached hydrogens (tertiary/aromatic N) is 2. The highest BCUT2D eigenvalue weighted by atomic mass is 35.5. The SMILES string of the molecule is CC.CCOC(=O)N1C2C=CC(CC2)C1c1ccc(Cl)nc1. The van der Waals surface area contributed by atoms with Crippen LogP contribution in [0.3, 0.4) is 0 Å². The molecule has 3 unspecified atom stereocenters. The molecule has 0 N–H and O–H groups in total. The number of pyridine rings is 1. The number of ether oxygens (including phenoxy) is 1. The van der Waals surface area contributed by atoms with E-state index in [2.05, 4.69) is 17.1 Å². The van der Waals surface area contributed by atoms with Crippen molar-refractivity contribution in [2.45, 2.75) is 45.7 Å². The summed E-state index contributed by atoms with van der Waals surface area (Å²) < 4.78 is 5.22. The van der Waals surface area contributed by atoms with Crippen molar-refractivity contribution in [3.8, 4) is 0 Å². The first-order chi connectivity index (χ1) is 10.7. The van der Waals surface area contributed by atoms with Crippen LogP contribution in [0.25, 0.3) is 0 Å². The van der Waals surface area contributed by atoms with Gasteiger partial charge in [0.05, 0.1) is 18.7 Å². The van der Waals surface area contributed by atoms with Crippen molar-refractivity contribution >= 4 is 17.7 Å². The van der Waals surface area contributed by atoms with E-state index in [1.165, 1.54) is 0 Å². The number of fused-ring (bicyclic) bond motifs is 2. The molecule has 22 heavy (non-hydrogen) atoms. The molecule has 1 aliphatic carbocycles. The molecule has 3 aliphatic rings. The number of piperidine rings is 1. The van der Waals surface area contributed by atoms with Crippen LogP contribution in [0.4, 0.5) is 4.79 Å². The van der Waals surface area contributed by atoms with Crippen molar-refractivity contribution in [3.05, 3.63) is 41.2 Å². The summed E-state index contributed by atoms with van der Waals surface area (Å²) in [5.41, 5.74) is 1.02. The van der Waals surface area contributed by atoms with Crippen LogP contribution >= 0.6 is 11.6 Å². The van der Waals surface area contributed by atoms with E-state index in [9.17, 15) is 4.79 Å². The van der Waals surface area contributed by atoms with Gasteiger partial charge in [-0.1, -0.05) is 43.7 Å². The van der Waals surface area contributed by atoms with Crippen LogP contribution < -0.4 is 0 Å². The van der Waals surface area contributed by atoms with Crippen molar-refractivity contribution in [1.82, 2.24) is 9.88 Å². The van der Waals surface area contributed by atoms with Crippen LogP contribution in [0.1, 0.15) is 45.2 Å². The topological polar surface area (TPSA) is 42.4 Å². The summed E-state index contributed by atoms with van der Waals surface area (Å²) in [4.78, 5) is 18.3. The molecule has 0 aromatic carbocycles. The van der Waals surface area contributed by atoms with Crippen LogP contribution in [0.2, 0.25) is 5.15 Å². The maximum absolute atomic E-state index is 12.3. The number of carbonyl (C=O) groups excluding carboxylic acids is 1. The molecule has 0 saturated carbocycles. The molecule has 5 heteroatoms. The fraction of sp³-hybridized carbons (Fsp3) is 0.529. The molecule has 2 aliphatic heterocycles. The zero-order valence-electron chi connectivity index (χ0n) is 13.3. The first kappa shape index (κ1) is 16.8. The normalized spacial score (nSPS) is 25.5. The van der Waals surface area contributed by atoms with Gasteiger partial charge in [0.2, 0.25) is 0 Å². The van der Waals surface area contributed by atoms with Crippen molar-refractivity contribution in [2.24, 2.45) is 5.92 Å². The third-order valence-corrected chi connectivity index (χ3v) is 4.23. The number of halogens is 1. The van der Waals surface area contributed by atoms with Gasteiger partial charge in [-0.3, -0.25) is 4.90 Å². The quantitative estimate of drug-likeness (QED) is 0.590. The molecule has 0 spiro atoms. The fourth-order valence-electron chi connectivity index (χ4n) is 3.15. The average Bonchev–Trinajstić information content (AvgIpc) is 2.58. The Labute approximate surface area is 137 Å². The Bertz CT molecular complexity index is 530. The van der Waals surface area contributed by atoms with Crippen molar-refractivity contribution in [2.75, 3.05) is 6.61 Å². The summed E-state index contributed by atoms with van der Waals surface area (Å²) in [5.74, 6) is 0.326. The van der Waals surface area contributed by atoms with E-state index in [-0.39, 0.29) is 18.2 Å². The highest BCUT2D eigenvalue weighted by Gasteiger charge is 2.42. The van der Waals surface area contributed by atoms with E-state index in [1.807, 2.05) is 31.7 Å². The van der Waals surface area contributed by atoms with E-state index in [0.29, 0.717) is 17.7 Å². The van der Waals surface area contributed by atoms with E-state index in [4.69, 9.17) is 16.3 Å². The second-order valence-electron chi connectivity index (χ2n) is 5.16. The first-order valence-electron chi connectivity index (χ1n) is 7.95. The highest BCUT2D eigenvalue weighted by molar-refractivity contribution is 6.29. The summed E-state index contributed by atoms with van der Waals surface area (Å²) in [6, 6.07) is 3.84. The molecule has 0 radical (unpaired) electrons. The number of hydrogen-bond acceptors (Lipinski definition) is 3. The fourth-order valence-corrected chi connectivity index (χ4v) is 3.26. The zero-order chi connectivity index (χ0) is 16.1. The Hall–Kier alpha value is -1.55. The molecule has 1 aromatic rings. The molecule has 3 atom stereocenters. The number of rotatable bonds is 2. The summed E-state index contributed by atoms with van der Waals surface area (Å²) in [6.07, 6.45) is 7.93. The lowest BCUT2D eigenvalue weighted by atomic mass is 9.77. The monoisotopic (exact) mass is 322 g/mol. The predicted molar refractivity (Wildman–Crippen MR) is 87.8 cm³/mol. The van der Waals surface area contributed by atoms with Gasteiger partial charge in [-0.25, -0.2) is 9.78 Å². The van der Waals surface area contributed by atoms with E-state index >= 15 is 0 Å². The smallest absolute Gasteiger partial charge is 0.410 e. The molecule has 4 nitrogen and oxygen atoms in total. The van der Waals surface area contributed by atoms with Gasteiger partial charge in [0.25, 0.3) is 0 Å². The molecule has 4 rings (SSSR count). The molecular formula is C17H23ClN2O2. The third-order valence-electron chi connectivity index (χ3n) is 4.01. The van der Waals surface area contributed by atoms with Gasteiger partial charge < -0.3 is 4.74 Å². The van der Waals surface area contributed by atoms with Gasteiger partial charge in [-0.2, -0.15) is 0 Å². The van der Waals surface area contributed by atoms with Crippen molar-refractivity contribution in [3.63, 3.8) is 0 Å². The Morgan fingerprint density at radius 1 is 1.36 bits per heavy atom. The second kappa shape index (κ2) is 7.63. The minimum atomic E-state index is -0.244. The second-order valence-corrected chi connectivity index (χ2v) is 5.55. The number of carbonyl (C=O) groups is 1. The van der Waals surface area contributed by atoms with Crippen LogP contribution in [-0.2, 0) is 4.74 Å². The first-order valence-corrected chi connectivity index (χ1v) is 8.33. The number of hydrogen-bond donors (Lipinski definition) is 0. The standard InChI is InChI=1S/C15H17ClN2O2.C2H6/c1-2-20-15(19)18-12-6-3-10(4-7-12)14(18)11-5-8-13(16)17-9-11;1-2/h3,5-6,8-10,12,14H,2,4,7H2,1H3;1-2H3. The van der Waals surface area contributed by atoms with Crippen LogP contribution in [0.15, 0.2) is 30.5 Å². The van der Waals surface area contributed by atoms with Gasteiger partial charge in [-0.15, -0.1) is 0 Å². The average molecular weight is 323 g/mol. The van der Waals surface area contributed by atoms with Gasteiger partial charge >= 0.3 is 6.09 Å². The van der Waals surface area contributed by atoms with Crippen LogP contribution in [-0.4, -0.2) is 28.6 Å². The lowest BCUT2D eigenvalue weighted by molar-refractivity contribution is 0.0386. The Kier molecular flexibility index (Phi) is 5.83. The largest absolute Gasteiger partial charge is 0.450 e. The maximum Gasteiger partial charge on any atom is 0.410 e. The molecular weight excluding hydrogens is 300 g/mol. The maximum atomic E-state index is 12.3. The summed E-state index contributed by atoms with van der Waals surface area (Å²) in [6.45, 7) is 6.22. The van der Waals surface area contributed by atoms with Crippen molar-refractivity contribution in [1.29, 1.82) is 0 Å². The van der Waals surface area contributed by atoms with Gasteiger partial charge in [-0.05, 0) is 31.4 Å². The molecule has 1 amide bonds. The van der Waals surface area contributed by atoms with Gasteiger partial charge in [0.1, 0.15) is 5.15 Å². The molecule has 1 aromatic heterocycles. The minimum absolute atomic E-state index is 0.00238. The summed E-state index contributed by atoms with van der Waals surface area (Å²) >= 11 is 5.85. The zero-order valence-corrected chi connectivity index (χ0v) is 14.1. The summed E-state index contributed by atoms with van der Waals surface area (Å²) in [7, 11) is 0. The van der Waals surface area contributed by atoms with E-state index < -0.39 is 0 Å². The minimum Gasteiger partial charge on any atom is -0.450 e. The van der Waals surface area contributed by atoms with Crippen LogP contribution in [0, 0.1) is 5.92 Å². The molecule has 2 bridgehead atoms. The summed E-state index contributed by atoms with van der Waals surface area (Å²) in [5, 5.41) is 0.466. The Morgan fingerprint density at radius 2 is 2.14 bits per heavy atom. The van der Waals surface area contributed by atoms with Crippen molar-refractivity contribution < 1.29 is 9.53 Å². The van der Waals surface area contributed by atoms with Gasteiger partial charge in [0, 0.05) is 12.1 Å². The number of amides is 1. The lowest BCUT2D eigenvalue weighted by Crippen LogP contribution is -2.50. The Morgan fingerprint density at radius 3 is 2.68 bits per heavy atom. The number of aromatic nitrogens is 1. The molecule has 3 heterocycles. The van der Waals surface area contributed by atoms with Gasteiger partial charge in [0.15, 0.2) is 0 Å². The molecule has 1 saturated heterocycles. The Balaban J connectivity index is 0.000000847. The van der Waals surface area contributed by atoms with E-state index in [0.717, 1.165) is 18.4 Å². The van der Waals surface area contributed by atoms with Crippen LogP contribution in [0.5, 0.6) is 0 Å². The van der Waals surface area contributed by atoms with E-state index in [1.54, 1.807) is 12.3 Å². The molecule has 120 valence electrons. The third kappa shape index (κ3) is 3.27. The highest BCUT2D eigenvalue weighted by Crippen LogP contribution is 2.44. The predicted octanol–water partition coefficient (Wildman–Crippen LogP) is 4.61.